The zero-order valence-corrected chi connectivity index (χ0v) is 15.4. The number of carboxylic acids is 1. The molecule has 27 heavy (non-hydrogen) atoms. The number of carboxylic acid groups (broad SMARTS) is 1. The lowest BCUT2D eigenvalue weighted by Crippen LogP contribution is -2.27. The molecule has 3 rings (SSSR count). The molecule has 0 saturated carbocycles. The molecule has 3 aromatic rings. The fourth-order valence-corrected chi connectivity index (χ4v) is 2.85. The molecule has 0 amide bonds. The molecule has 142 valence electrons. The number of rotatable bonds is 10. The van der Waals surface area contributed by atoms with Crippen LogP contribution in [0.3, 0.4) is 0 Å². The molecule has 1 aromatic heterocycles. The van der Waals surface area contributed by atoms with E-state index < -0.39 is 5.97 Å². The summed E-state index contributed by atoms with van der Waals surface area (Å²) in [6.45, 7) is 4.15. The molecule has 0 spiro atoms. The minimum Gasteiger partial charge on any atom is -0.493 e. The van der Waals surface area contributed by atoms with Gasteiger partial charge in [-0.25, -0.2) is 4.79 Å². The number of unbranched alkanes of at least 4 members (excludes halogenated alkanes) is 1. The van der Waals surface area contributed by atoms with Crippen molar-refractivity contribution >= 4 is 23.1 Å². The van der Waals surface area contributed by atoms with E-state index >= 15 is 0 Å². The first-order chi connectivity index (χ1) is 13.2. The number of oxazole rings is 1. The van der Waals surface area contributed by atoms with E-state index in [-0.39, 0.29) is 5.56 Å². The van der Waals surface area contributed by atoms with Crippen molar-refractivity contribution < 1.29 is 19.1 Å². The number of ether oxygens (including phenoxy) is 1. The number of fused-ring (bicyclic) bond motifs is 1. The van der Waals surface area contributed by atoms with Gasteiger partial charge in [-0.3, -0.25) is 0 Å². The molecule has 1 N–H and O–H groups in total. The Morgan fingerprint density at radius 3 is 2.63 bits per heavy atom. The highest BCUT2D eigenvalue weighted by Crippen LogP contribution is 2.22. The molecule has 0 saturated heterocycles. The van der Waals surface area contributed by atoms with Gasteiger partial charge < -0.3 is 19.2 Å². The molecular weight excluding hydrogens is 344 g/mol. The quantitative estimate of drug-likeness (QED) is 0.527. The first-order valence-electron chi connectivity index (χ1n) is 9.24. The molecule has 0 radical (unpaired) electrons. The minimum absolute atomic E-state index is 0.180. The molecule has 2 aromatic carbocycles. The van der Waals surface area contributed by atoms with Gasteiger partial charge in [-0.2, -0.15) is 4.98 Å². The number of nitrogens with zero attached hydrogens (tertiary/aromatic N) is 2. The molecule has 0 fully saturated rings. The van der Waals surface area contributed by atoms with Crippen LogP contribution < -0.4 is 9.64 Å². The topological polar surface area (TPSA) is 75.8 Å². The van der Waals surface area contributed by atoms with Crippen LogP contribution in [0.5, 0.6) is 5.75 Å². The number of benzene rings is 2. The van der Waals surface area contributed by atoms with Crippen molar-refractivity contribution in [2.45, 2.75) is 26.2 Å². The van der Waals surface area contributed by atoms with Crippen molar-refractivity contribution in [3.63, 3.8) is 0 Å². The zero-order chi connectivity index (χ0) is 19.1. The molecule has 0 atom stereocenters. The van der Waals surface area contributed by atoms with Gasteiger partial charge in [0.2, 0.25) is 0 Å². The lowest BCUT2D eigenvalue weighted by Gasteiger charge is -2.20. The van der Waals surface area contributed by atoms with Gasteiger partial charge in [0.15, 0.2) is 5.58 Å². The van der Waals surface area contributed by atoms with Gasteiger partial charge in [-0.1, -0.05) is 37.6 Å². The van der Waals surface area contributed by atoms with E-state index in [0.29, 0.717) is 18.4 Å². The van der Waals surface area contributed by atoms with Crippen LogP contribution >= 0.6 is 0 Å². The first-order valence-corrected chi connectivity index (χ1v) is 9.24. The van der Waals surface area contributed by atoms with Crippen LogP contribution in [0.2, 0.25) is 0 Å². The third-order valence-corrected chi connectivity index (χ3v) is 4.28. The fraction of sp³-hybridized carbons (Fsp3) is 0.333. The van der Waals surface area contributed by atoms with E-state index in [4.69, 9.17) is 9.15 Å². The molecule has 0 bridgehead atoms. The monoisotopic (exact) mass is 368 g/mol. The predicted octanol–water partition coefficient (Wildman–Crippen LogP) is 4.60. The van der Waals surface area contributed by atoms with Crippen LogP contribution in [0, 0.1) is 0 Å². The highest BCUT2D eigenvalue weighted by atomic mass is 16.5. The Morgan fingerprint density at radius 2 is 1.85 bits per heavy atom. The Balaban J connectivity index is 1.61. The van der Waals surface area contributed by atoms with Crippen molar-refractivity contribution in [1.29, 1.82) is 0 Å². The number of para-hydroxylation sites is 3. The van der Waals surface area contributed by atoms with Crippen molar-refractivity contribution in [3.05, 3.63) is 54.1 Å². The van der Waals surface area contributed by atoms with Gasteiger partial charge in [-0.15, -0.1) is 0 Å². The summed E-state index contributed by atoms with van der Waals surface area (Å²) in [5, 5.41) is 9.22. The molecule has 6 heteroatoms. The summed E-state index contributed by atoms with van der Waals surface area (Å²) in [6.07, 6.45) is 2.86. The maximum Gasteiger partial charge on any atom is 0.339 e. The Kier molecular flexibility index (Phi) is 6.30. The van der Waals surface area contributed by atoms with Crippen LogP contribution in [-0.2, 0) is 0 Å². The number of hydrogen-bond acceptors (Lipinski definition) is 5. The second kappa shape index (κ2) is 9.07. The summed E-state index contributed by atoms with van der Waals surface area (Å²) in [4.78, 5) is 17.9. The summed E-state index contributed by atoms with van der Waals surface area (Å²) in [5.74, 6) is -0.589. The predicted molar refractivity (Wildman–Crippen MR) is 105 cm³/mol. The summed E-state index contributed by atoms with van der Waals surface area (Å²) < 4.78 is 11.6. The summed E-state index contributed by atoms with van der Waals surface area (Å²) in [5.41, 5.74) is 1.81. The minimum atomic E-state index is -0.985. The maximum absolute atomic E-state index is 11.2. The maximum atomic E-state index is 11.2. The summed E-state index contributed by atoms with van der Waals surface area (Å²) in [6, 6.07) is 15.0. The SMILES string of the molecule is CCCCN(CCCOc1ccccc1C(=O)O)c1nc2ccccc2o1. The van der Waals surface area contributed by atoms with E-state index in [2.05, 4.69) is 16.8 Å². The number of aromatic carboxylic acids is 1. The third-order valence-electron chi connectivity index (χ3n) is 4.28. The largest absolute Gasteiger partial charge is 0.493 e. The lowest BCUT2D eigenvalue weighted by atomic mass is 10.2. The zero-order valence-electron chi connectivity index (χ0n) is 15.4. The summed E-state index contributed by atoms with van der Waals surface area (Å²) >= 11 is 0. The molecule has 0 aliphatic heterocycles. The van der Waals surface area contributed by atoms with Crippen molar-refractivity contribution in [2.24, 2.45) is 0 Å². The van der Waals surface area contributed by atoms with Gasteiger partial charge in [0.05, 0.1) is 6.61 Å². The molecule has 1 heterocycles. The van der Waals surface area contributed by atoms with Crippen molar-refractivity contribution in [3.8, 4) is 5.75 Å². The average molecular weight is 368 g/mol. The smallest absolute Gasteiger partial charge is 0.339 e. The molecule has 0 aliphatic carbocycles. The number of hydrogen-bond donors (Lipinski definition) is 1. The summed E-state index contributed by atoms with van der Waals surface area (Å²) in [7, 11) is 0. The third kappa shape index (κ3) is 4.78. The Bertz CT molecular complexity index is 858. The van der Waals surface area contributed by atoms with Gasteiger partial charge in [-0.05, 0) is 37.1 Å². The van der Waals surface area contributed by atoms with Gasteiger partial charge in [0, 0.05) is 13.1 Å². The van der Waals surface area contributed by atoms with Crippen LogP contribution in [0.15, 0.2) is 52.9 Å². The second-order valence-electron chi connectivity index (χ2n) is 6.31. The number of aromatic nitrogens is 1. The molecule has 0 aliphatic rings. The first kappa shape index (κ1) is 18.8. The Hall–Kier alpha value is -3.02. The fourth-order valence-electron chi connectivity index (χ4n) is 2.85. The van der Waals surface area contributed by atoms with Crippen molar-refractivity contribution in [2.75, 3.05) is 24.6 Å². The van der Waals surface area contributed by atoms with E-state index in [1.54, 1.807) is 24.3 Å². The average Bonchev–Trinajstić information content (AvgIpc) is 3.11. The Labute approximate surface area is 158 Å². The molecule has 0 unspecified atom stereocenters. The van der Waals surface area contributed by atoms with E-state index in [9.17, 15) is 9.90 Å². The normalized spacial score (nSPS) is 10.9. The lowest BCUT2D eigenvalue weighted by molar-refractivity contribution is 0.0692. The van der Waals surface area contributed by atoms with Crippen LogP contribution in [0.25, 0.3) is 11.1 Å². The van der Waals surface area contributed by atoms with Crippen LogP contribution in [-0.4, -0.2) is 35.8 Å². The van der Waals surface area contributed by atoms with Crippen LogP contribution in [0.4, 0.5) is 6.01 Å². The highest BCUT2D eigenvalue weighted by Gasteiger charge is 2.14. The van der Waals surface area contributed by atoms with E-state index in [1.807, 2.05) is 24.3 Å². The molecule has 6 nitrogen and oxygen atoms in total. The standard InChI is InChI=1S/C21H24N2O4/c1-2-3-13-23(21-22-17-10-5-7-12-19(17)27-21)14-8-15-26-18-11-6-4-9-16(18)20(24)25/h4-7,9-12H,2-3,8,13-15H2,1H3,(H,24,25). The van der Waals surface area contributed by atoms with Crippen LogP contribution in [0.1, 0.15) is 36.5 Å². The van der Waals surface area contributed by atoms with Gasteiger partial charge >= 0.3 is 5.97 Å². The van der Waals surface area contributed by atoms with E-state index in [0.717, 1.165) is 43.5 Å². The number of carbonyl (C=O) groups is 1. The number of anilines is 1. The highest BCUT2D eigenvalue weighted by molar-refractivity contribution is 5.90. The molecular formula is C21H24N2O4. The van der Waals surface area contributed by atoms with E-state index in [1.165, 1.54) is 0 Å². The van der Waals surface area contributed by atoms with Gasteiger partial charge in [0.1, 0.15) is 16.8 Å². The Morgan fingerprint density at radius 1 is 1.11 bits per heavy atom. The second-order valence-corrected chi connectivity index (χ2v) is 6.31. The van der Waals surface area contributed by atoms with Gasteiger partial charge in [0.25, 0.3) is 6.01 Å². The van der Waals surface area contributed by atoms with Crippen molar-refractivity contribution in [1.82, 2.24) is 4.98 Å².